The van der Waals surface area contributed by atoms with Gasteiger partial charge in [-0.05, 0) is 32.1 Å². The lowest BCUT2D eigenvalue weighted by Gasteiger charge is -2.19. The summed E-state index contributed by atoms with van der Waals surface area (Å²) in [5.74, 6) is 0.846. The lowest BCUT2D eigenvalue weighted by molar-refractivity contribution is 0.233. The second kappa shape index (κ2) is 7.86. The molecular formula is C14H28N2O3S. The minimum Gasteiger partial charge on any atom is -0.335 e. The zero-order valence-electron chi connectivity index (χ0n) is 12.8. The molecule has 20 heavy (non-hydrogen) atoms. The Morgan fingerprint density at radius 3 is 2.60 bits per heavy atom. The van der Waals surface area contributed by atoms with Gasteiger partial charge in [0.15, 0.2) is 9.84 Å². The molecule has 0 radical (unpaired) electrons. The third-order valence-electron chi connectivity index (χ3n) is 3.91. The maximum Gasteiger partial charge on any atom is 0.315 e. The second-order valence-corrected chi connectivity index (χ2v) is 8.43. The number of sulfone groups is 1. The molecule has 1 rings (SSSR count). The largest absolute Gasteiger partial charge is 0.335 e. The van der Waals surface area contributed by atoms with Gasteiger partial charge < -0.3 is 10.6 Å². The summed E-state index contributed by atoms with van der Waals surface area (Å²) in [5.41, 5.74) is 0. The molecule has 2 N–H and O–H groups in total. The van der Waals surface area contributed by atoms with Gasteiger partial charge in [0.25, 0.3) is 0 Å². The summed E-state index contributed by atoms with van der Waals surface area (Å²) in [6, 6.07) is -0.386. The van der Waals surface area contributed by atoms with Crippen LogP contribution in [0.5, 0.6) is 0 Å². The van der Waals surface area contributed by atoms with Crippen LogP contribution in [0.15, 0.2) is 0 Å². The highest BCUT2D eigenvalue weighted by atomic mass is 32.2. The Hall–Kier alpha value is -0.780. The summed E-state index contributed by atoms with van der Waals surface area (Å²) < 4.78 is 23.0. The quantitative estimate of drug-likeness (QED) is 0.764. The van der Waals surface area contributed by atoms with Gasteiger partial charge in [-0.15, -0.1) is 0 Å². The third-order valence-corrected chi connectivity index (χ3v) is 5.80. The predicted octanol–water partition coefficient (Wildman–Crippen LogP) is 2.08. The van der Waals surface area contributed by atoms with E-state index in [9.17, 15) is 13.2 Å². The van der Waals surface area contributed by atoms with Gasteiger partial charge in [0, 0.05) is 17.8 Å². The Bertz CT molecular complexity index is 409. The van der Waals surface area contributed by atoms with Crippen LogP contribution in [0.25, 0.3) is 0 Å². The van der Waals surface area contributed by atoms with Crippen molar-refractivity contribution in [2.75, 3.05) is 11.5 Å². The van der Waals surface area contributed by atoms with E-state index in [4.69, 9.17) is 0 Å². The standard InChI is InChI=1S/C14H28N2O3S/c1-4-20(18,19)10-12(3)15-14(17)16-13-7-5-6-11(2)8-9-13/h11-13H,4-10H2,1-3H3,(H2,15,16,17)/t11-,12+,13-/m1/s1. The van der Waals surface area contributed by atoms with E-state index in [1.54, 1.807) is 13.8 Å². The number of amides is 2. The van der Waals surface area contributed by atoms with Gasteiger partial charge in [-0.25, -0.2) is 13.2 Å². The highest BCUT2D eigenvalue weighted by Gasteiger charge is 2.20. The van der Waals surface area contributed by atoms with Crippen LogP contribution in [0, 0.1) is 5.92 Å². The van der Waals surface area contributed by atoms with Crippen LogP contribution in [0.3, 0.4) is 0 Å². The van der Waals surface area contributed by atoms with Gasteiger partial charge in [-0.1, -0.05) is 26.7 Å². The molecule has 1 fully saturated rings. The van der Waals surface area contributed by atoms with Gasteiger partial charge >= 0.3 is 6.03 Å². The maximum absolute atomic E-state index is 11.9. The van der Waals surface area contributed by atoms with Crippen molar-refractivity contribution in [1.82, 2.24) is 10.6 Å². The minimum atomic E-state index is -3.05. The molecule has 0 unspecified atom stereocenters. The van der Waals surface area contributed by atoms with Gasteiger partial charge in [-0.3, -0.25) is 0 Å². The van der Waals surface area contributed by atoms with E-state index in [0.29, 0.717) is 0 Å². The normalized spacial score (nSPS) is 25.6. The number of urea groups is 1. The molecule has 1 aliphatic carbocycles. The molecule has 0 saturated heterocycles. The molecule has 0 aromatic rings. The number of rotatable bonds is 5. The van der Waals surface area contributed by atoms with Crippen LogP contribution >= 0.6 is 0 Å². The summed E-state index contributed by atoms with van der Waals surface area (Å²) >= 11 is 0. The van der Waals surface area contributed by atoms with Gasteiger partial charge in [-0.2, -0.15) is 0 Å². The predicted molar refractivity (Wildman–Crippen MR) is 81.5 cm³/mol. The summed E-state index contributed by atoms with van der Waals surface area (Å²) in [7, 11) is -3.05. The SMILES string of the molecule is CCS(=O)(=O)C[C@H](C)NC(=O)N[C@@H]1CCC[C@@H](C)CC1. The fraction of sp³-hybridized carbons (Fsp3) is 0.929. The van der Waals surface area contributed by atoms with Gasteiger partial charge in [0.2, 0.25) is 0 Å². The molecule has 0 aromatic carbocycles. The Balaban J connectivity index is 2.35. The third kappa shape index (κ3) is 6.59. The van der Waals surface area contributed by atoms with Crippen LogP contribution in [-0.4, -0.2) is 38.0 Å². The number of carbonyl (C=O) groups excluding carboxylic acids is 1. The molecule has 0 aliphatic heterocycles. The van der Waals surface area contributed by atoms with E-state index in [1.165, 1.54) is 6.42 Å². The molecule has 5 nitrogen and oxygen atoms in total. The molecule has 1 aliphatic rings. The average molecular weight is 304 g/mol. The zero-order chi connectivity index (χ0) is 15.2. The van der Waals surface area contributed by atoms with E-state index >= 15 is 0 Å². The van der Waals surface area contributed by atoms with Crippen LogP contribution < -0.4 is 10.6 Å². The molecule has 0 aromatic heterocycles. The number of hydrogen-bond donors (Lipinski definition) is 2. The number of hydrogen-bond acceptors (Lipinski definition) is 3. The van der Waals surface area contributed by atoms with E-state index in [1.807, 2.05) is 0 Å². The Kier molecular flexibility index (Phi) is 6.79. The van der Waals surface area contributed by atoms with Crippen molar-refractivity contribution < 1.29 is 13.2 Å². The maximum atomic E-state index is 11.9. The minimum absolute atomic E-state index is 0.00137. The molecule has 0 heterocycles. The highest BCUT2D eigenvalue weighted by molar-refractivity contribution is 7.91. The molecule has 118 valence electrons. The monoisotopic (exact) mass is 304 g/mol. The van der Waals surface area contributed by atoms with Gasteiger partial charge in [0.05, 0.1) is 5.75 Å². The molecule has 6 heteroatoms. The van der Waals surface area contributed by atoms with Crippen molar-refractivity contribution in [1.29, 1.82) is 0 Å². The summed E-state index contributed by atoms with van der Waals surface area (Å²) in [5, 5.41) is 5.69. The van der Waals surface area contributed by atoms with E-state index < -0.39 is 9.84 Å². The Morgan fingerprint density at radius 1 is 1.25 bits per heavy atom. The molecule has 0 spiro atoms. The molecule has 1 saturated carbocycles. The van der Waals surface area contributed by atoms with Crippen LogP contribution in [0.4, 0.5) is 4.79 Å². The van der Waals surface area contributed by atoms with Crippen molar-refractivity contribution in [3.05, 3.63) is 0 Å². The molecule has 3 atom stereocenters. The van der Waals surface area contributed by atoms with Crippen molar-refractivity contribution in [2.45, 2.75) is 65.0 Å². The molecule has 2 amide bonds. The van der Waals surface area contributed by atoms with Crippen molar-refractivity contribution >= 4 is 15.9 Å². The first-order chi connectivity index (χ1) is 9.32. The Morgan fingerprint density at radius 2 is 1.95 bits per heavy atom. The van der Waals surface area contributed by atoms with Crippen molar-refractivity contribution in [2.24, 2.45) is 5.92 Å². The van der Waals surface area contributed by atoms with Gasteiger partial charge in [0.1, 0.15) is 0 Å². The Labute approximate surface area is 122 Å². The zero-order valence-corrected chi connectivity index (χ0v) is 13.6. The topological polar surface area (TPSA) is 75.3 Å². The fourth-order valence-electron chi connectivity index (χ4n) is 2.62. The molecule has 0 bridgehead atoms. The fourth-order valence-corrected chi connectivity index (χ4v) is 3.70. The van der Waals surface area contributed by atoms with E-state index in [-0.39, 0.29) is 29.6 Å². The highest BCUT2D eigenvalue weighted by Crippen LogP contribution is 2.22. The van der Waals surface area contributed by atoms with Crippen LogP contribution in [-0.2, 0) is 9.84 Å². The van der Waals surface area contributed by atoms with E-state index in [0.717, 1.165) is 31.6 Å². The van der Waals surface area contributed by atoms with Crippen LogP contribution in [0.1, 0.15) is 52.9 Å². The summed E-state index contributed by atoms with van der Waals surface area (Å²) in [6.45, 7) is 5.59. The van der Waals surface area contributed by atoms with E-state index in [2.05, 4.69) is 17.6 Å². The first kappa shape index (κ1) is 17.3. The molecular weight excluding hydrogens is 276 g/mol. The average Bonchev–Trinajstić information content (AvgIpc) is 2.53. The second-order valence-electron chi connectivity index (χ2n) is 6.03. The lowest BCUT2D eigenvalue weighted by Crippen LogP contribution is -2.47. The summed E-state index contributed by atoms with van der Waals surface area (Å²) in [6.07, 6.45) is 5.54. The number of carbonyl (C=O) groups is 1. The number of nitrogens with one attached hydrogen (secondary N) is 2. The first-order valence-corrected chi connectivity index (χ1v) is 9.42. The van der Waals surface area contributed by atoms with Crippen molar-refractivity contribution in [3.8, 4) is 0 Å². The lowest BCUT2D eigenvalue weighted by atomic mass is 10.0. The first-order valence-electron chi connectivity index (χ1n) is 7.60. The smallest absolute Gasteiger partial charge is 0.315 e. The van der Waals surface area contributed by atoms with Crippen LogP contribution in [0.2, 0.25) is 0 Å². The van der Waals surface area contributed by atoms with Crippen molar-refractivity contribution in [3.63, 3.8) is 0 Å². The summed E-state index contributed by atoms with van der Waals surface area (Å²) in [4.78, 5) is 11.9.